The van der Waals surface area contributed by atoms with Gasteiger partial charge in [0.25, 0.3) is 0 Å². The van der Waals surface area contributed by atoms with Crippen LogP contribution in [0.4, 0.5) is 15.8 Å². The highest BCUT2D eigenvalue weighted by atomic mass is 127. The number of benzene rings is 2. The lowest BCUT2D eigenvalue weighted by Crippen LogP contribution is -2.00. The van der Waals surface area contributed by atoms with E-state index in [9.17, 15) is 4.39 Å². The van der Waals surface area contributed by atoms with Crippen LogP contribution in [0.1, 0.15) is 11.3 Å². The fourth-order valence-electron chi connectivity index (χ4n) is 2.62. The van der Waals surface area contributed by atoms with E-state index in [4.69, 9.17) is 4.74 Å². The highest BCUT2D eigenvalue weighted by Gasteiger charge is 2.07. The van der Waals surface area contributed by atoms with Gasteiger partial charge in [0.2, 0.25) is 0 Å². The van der Waals surface area contributed by atoms with Gasteiger partial charge in [-0.1, -0.05) is 40.8 Å². The van der Waals surface area contributed by atoms with Crippen LogP contribution < -0.4 is 10.1 Å². The summed E-state index contributed by atoms with van der Waals surface area (Å²) >= 11 is 2.25. The third-order valence-electron chi connectivity index (χ3n) is 3.59. The predicted octanol–water partition coefficient (Wildman–Crippen LogP) is 5.57. The Bertz CT molecular complexity index is 854. The molecule has 124 valence electrons. The molecule has 0 amide bonds. The second kappa shape index (κ2) is 7.79. The van der Waals surface area contributed by atoms with Crippen molar-refractivity contribution < 1.29 is 9.13 Å². The largest absolute Gasteiger partial charge is 0.493 e. The highest BCUT2D eigenvalue weighted by molar-refractivity contribution is 14.1. The van der Waals surface area contributed by atoms with Gasteiger partial charge < -0.3 is 10.1 Å². The highest BCUT2D eigenvalue weighted by Crippen LogP contribution is 2.29. The number of alkyl halides is 2. The van der Waals surface area contributed by atoms with Gasteiger partial charge >= 0.3 is 0 Å². The Kier molecular flexibility index (Phi) is 5.50. The average molecular weight is 436 g/mol. The number of anilines is 2. The van der Waals surface area contributed by atoms with Gasteiger partial charge in [0.15, 0.2) is 0 Å². The number of nitrogens with zero attached hydrogens (tertiary/aromatic N) is 1. The molecule has 3 rings (SSSR count). The molecule has 3 aromatic rings. The van der Waals surface area contributed by atoms with Crippen molar-refractivity contribution in [2.45, 2.75) is 13.6 Å². The van der Waals surface area contributed by atoms with Crippen LogP contribution in [0.5, 0.6) is 5.75 Å². The Labute approximate surface area is 154 Å². The first-order valence-corrected chi connectivity index (χ1v) is 9.24. The van der Waals surface area contributed by atoms with Crippen molar-refractivity contribution in [1.29, 1.82) is 0 Å². The fourth-order valence-corrected chi connectivity index (χ4v) is 2.84. The molecule has 5 heteroatoms. The van der Waals surface area contributed by atoms with Crippen molar-refractivity contribution in [3.8, 4) is 5.75 Å². The number of hydrogen-bond donors (Lipinski definition) is 1. The molecule has 0 aliphatic heterocycles. The monoisotopic (exact) mass is 436 g/mol. The summed E-state index contributed by atoms with van der Waals surface area (Å²) in [6.07, 6.45) is 0. The van der Waals surface area contributed by atoms with E-state index in [0.29, 0.717) is 17.9 Å². The summed E-state index contributed by atoms with van der Waals surface area (Å²) in [7, 11) is 0. The molecule has 0 atom stereocenters. The number of rotatable bonds is 6. The number of nitrogens with one attached hydrogen (secondary N) is 1. The molecule has 0 saturated heterocycles. The number of aryl methyl sites for hydroxylation is 1. The fraction of sp³-hybridized carbons (Fsp3) is 0.211. The molecule has 1 heterocycles. The van der Waals surface area contributed by atoms with Crippen LogP contribution in [0.15, 0.2) is 48.5 Å². The summed E-state index contributed by atoms with van der Waals surface area (Å²) in [5, 5.41) is 4.42. The van der Waals surface area contributed by atoms with Crippen molar-refractivity contribution in [1.82, 2.24) is 4.98 Å². The number of aromatic nitrogens is 1. The van der Waals surface area contributed by atoms with Gasteiger partial charge in [0, 0.05) is 32.9 Å². The maximum Gasteiger partial charge on any atom is 0.121 e. The van der Waals surface area contributed by atoms with Crippen molar-refractivity contribution in [2.24, 2.45) is 0 Å². The summed E-state index contributed by atoms with van der Waals surface area (Å²) in [6, 6.07) is 15.4. The number of halogens is 2. The zero-order valence-corrected chi connectivity index (χ0v) is 15.5. The second-order valence-corrected chi connectivity index (χ2v) is 6.57. The van der Waals surface area contributed by atoms with E-state index in [-0.39, 0.29) is 0 Å². The van der Waals surface area contributed by atoms with Gasteiger partial charge in [-0.2, -0.15) is 0 Å². The van der Waals surface area contributed by atoms with Crippen LogP contribution in [0.3, 0.4) is 0 Å². The lowest BCUT2D eigenvalue weighted by atomic mass is 10.1. The Morgan fingerprint density at radius 2 is 2.00 bits per heavy atom. The molecule has 0 spiro atoms. The van der Waals surface area contributed by atoms with Crippen LogP contribution in [-0.4, -0.2) is 16.0 Å². The van der Waals surface area contributed by atoms with E-state index in [2.05, 4.69) is 32.9 Å². The summed E-state index contributed by atoms with van der Waals surface area (Å²) in [5.74, 6) is 0.680. The molecule has 0 unspecified atom stereocenters. The third-order valence-corrected chi connectivity index (χ3v) is 4.03. The smallest absolute Gasteiger partial charge is 0.121 e. The molecule has 0 aliphatic carbocycles. The summed E-state index contributed by atoms with van der Waals surface area (Å²) < 4.78 is 19.7. The maximum absolute atomic E-state index is 13.2. The van der Waals surface area contributed by atoms with Crippen LogP contribution in [0, 0.1) is 6.92 Å². The SMILES string of the molecule is Cc1cc(Nc2cc(CF)cc(OCCI)c2)c2ccccc2n1. The average Bonchev–Trinajstić information content (AvgIpc) is 2.59. The second-order valence-electron chi connectivity index (χ2n) is 5.49. The molecular formula is C19H18FIN2O. The zero-order chi connectivity index (χ0) is 16.9. The first kappa shape index (κ1) is 17.0. The van der Waals surface area contributed by atoms with Gasteiger partial charge in [-0.25, -0.2) is 4.39 Å². The number of fused-ring (bicyclic) bond motifs is 1. The minimum atomic E-state index is -0.522. The Morgan fingerprint density at radius 1 is 1.17 bits per heavy atom. The Morgan fingerprint density at radius 3 is 2.79 bits per heavy atom. The van der Waals surface area contributed by atoms with E-state index >= 15 is 0 Å². The van der Waals surface area contributed by atoms with Crippen molar-refractivity contribution in [2.75, 3.05) is 16.4 Å². The number of para-hydroxylation sites is 1. The minimum absolute atomic E-state index is 0.522. The molecule has 0 fully saturated rings. The number of ether oxygens (including phenoxy) is 1. The Balaban J connectivity index is 1.98. The molecule has 0 bridgehead atoms. The minimum Gasteiger partial charge on any atom is -0.493 e. The van der Waals surface area contributed by atoms with Crippen molar-refractivity contribution in [3.63, 3.8) is 0 Å². The lowest BCUT2D eigenvalue weighted by molar-refractivity contribution is 0.345. The predicted molar refractivity (Wildman–Crippen MR) is 105 cm³/mol. The van der Waals surface area contributed by atoms with E-state index < -0.39 is 6.67 Å². The van der Waals surface area contributed by atoms with Gasteiger partial charge in [-0.05, 0) is 36.8 Å². The molecule has 0 radical (unpaired) electrons. The van der Waals surface area contributed by atoms with Crippen LogP contribution in [0.2, 0.25) is 0 Å². The molecule has 2 aromatic carbocycles. The van der Waals surface area contributed by atoms with Crippen LogP contribution in [-0.2, 0) is 6.67 Å². The van der Waals surface area contributed by atoms with Gasteiger partial charge in [0.05, 0.1) is 12.1 Å². The normalized spacial score (nSPS) is 10.8. The first-order valence-electron chi connectivity index (χ1n) is 7.71. The summed E-state index contributed by atoms with van der Waals surface area (Å²) in [5.41, 5.74) is 4.22. The quantitative estimate of drug-likeness (QED) is 0.405. The van der Waals surface area contributed by atoms with Crippen molar-refractivity contribution >= 4 is 44.9 Å². The molecule has 0 saturated carbocycles. The lowest BCUT2D eigenvalue weighted by Gasteiger charge is -2.13. The third kappa shape index (κ3) is 3.95. The standard InChI is InChI=1S/C19H18FIN2O/c1-13-8-19(17-4-2-3-5-18(17)22-13)23-15-9-14(12-20)10-16(11-15)24-7-6-21/h2-5,8-11H,6-7,12H2,1H3,(H,22,23). The molecule has 1 aromatic heterocycles. The van der Waals surface area contributed by atoms with Gasteiger partial charge in [-0.3, -0.25) is 4.98 Å². The molecule has 1 N–H and O–H groups in total. The Hall–Kier alpha value is -1.89. The van der Waals surface area contributed by atoms with E-state index in [1.807, 2.05) is 43.3 Å². The maximum atomic E-state index is 13.2. The number of hydrogen-bond acceptors (Lipinski definition) is 3. The molecule has 3 nitrogen and oxygen atoms in total. The molecule has 0 aliphatic rings. The summed E-state index contributed by atoms with van der Waals surface area (Å²) in [4.78, 5) is 4.54. The van der Waals surface area contributed by atoms with Crippen LogP contribution >= 0.6 is 22.6 Å². The topological polar surface area (TPSA) is 34.1 Å². The number of pyridine rings is 1. The molecule has 24 heavy (non-hydrogen) atoms. The van der Waals surface area contributed by atoms with E-state index in [1.165, 1.54) is 0 Å². The summed E-state index contributed by atoms with van der Waals surface area (Å²) in [6.45, 7) is 2.05. The molecular weight excluding hydrogens is 418 g/mol. The van der Waals surface area contributed by atoms with Gasteiger partial charge in [-0.15, -0.1) is 0 Å². The first-order chi connectivity index (χ1) is 11.7. The van der Waals surface area contributed by atoms with E-state index in [0.717, 1.165) is 32.4 Å². The van der Waals surface area contributed by atoms with Crippen LogP contribution in [0.25, 0.3) is 10.9 Å². The van der Waals surface area contributed by atoms with Crippen molar-refractivity contribution in [3.05, 3.63) is 59.8 Å². The zero-order valence-electron chi connectivity index (χ0n) is 13.4. The van der Waals surface area contributed by atoms with Gasteiger partial charge in [0.1, 0.15) is 12.4 Å². The van der Waals surface area contributed by atoms with E-state index in [1.54, 1.807) is 12.1 Å².